The molecule has 2 unspecified atom stereocenters. The van der Waals surface area contributed by atoms with Crippen molar-refractivity contribution in [1.29, 1.82) is 0 Å². The number of rotatable bonds is 4. The first-order chi connectivity index (χ1) is 5.17. The first-order valence-electron chi connectivity index (χ1n) is 4.40. The lowest BCUT2D eigenvalue weighted by Gasteiger charge is -2.17. The van der Waals surface area contributed by atoms with Crippen LogP contribution in [0.3, 0.4) is 0 Å². The maximum atomic E-state index is 9.14. The average Bonchev–Trinajstić information content (AvgIpc) is 2.65. The van der Waals surface area contributed by atoms with Gasteiger partial charge in [0.25, 0.3) is 0 Å². The van der Waals surface area contributed by atoms with Crippen molar-refractivity contribution in [3.05, 3.63) is 0 Å². The van der Waals surface area contributed by atoms with Gasteiger partial charge in [0.1, 0.15) is 0 Å². The van der Waals surface area contributed by atoms with Gasteiger partial charge in [-0.2, -0.15) is 0 Å². The molecule has 1 N–H and O–H groups in total. The Labute approximate surface area is 68.6 Å². The maximum Gasteiger partial charge on any atom is 0.0663 e. The second-order valence-corrected chi connectivity index (χ2v) is 3.69. The standard InChI is InChI=1S/C9H18O2/c1-4-11-8-5-9(8,6-10)7(2)3/h7-8,10H,4-6H2,1-3H3. The molecule has 0 heterocycles. The van der Waals surface area contributed by atoms with Crippen LogP contribution in [0.4, 0.5) is 0 Å². The van der Waals surface area contributed by atoms with Gasteiger partial charge in [-0.05, 0) is 19.3 Å². The lowest BCUT2D eigenvalue weighted by Crippen LogP contribution is -2.20. The fourth-order valence-corrected chi connectivity index (χ4v) is 1.67. The van der Waals surface area contributed by atoms with Gasteiger partial charge >= 0.3 is 0 Å². The summed E-state index contributed by atoms with van der Waals surface area (Å²) in [7, 11) is 0. The molecule has 0 aliphatic heterocycles. The van der Waals surface area contributed by atoms with Crippen LogP contribution < -0.4 is 0 Å². The molecule has 0 aromatic rings. The fraction of sp³-hybridized carbons (Fsp3) is 1.00. The highest BCUT2D eigenvalue weighted by molar-refractivity contribution is 5.05. The summed E-state index contributed by atoms with van der Waals surface area (Å²) in [5.41, 5.74) is 0.0933. The molecule has 0 aromatic heterocycles. The molecule has 2 atom stereocenters. The van der Waals surface area contributed by atoms with E-state index < -0.39 is 0 Å². The Balaban J connectivity index is 2.43. The zero-order valence-corrected chi connectivity index (χ0v) is 7.63. The molecular formula is C9H18O2. The second-order valence-electron chi connectivity index (χ2n) is 3.69. The van der Waals surface area contributed by atoms with Crippen LogP contribution in [-0.2, 0) is 4.74 Å². The highest BCUT2D eigenvalue weighted by Gasteiger charge is 2.56. The minimum absolute atomic E-state index is 0.0933. The first kappa shape index (κ1) is 9.01. The summed E-state index contributed by atoms with van der Waals surface area (Å²) >= 11 is 0. The average molecular weight is 158 g/mol. The minimum Gasteiger partial charge on any atom is -0.396 e. The Morgan fingerprint density at radius 2 is 2.27 bits per heavy atom. The third-order valence-electron chi connectivity index (χ3n) is 2.86. The third-order valence-corrected chi connectivity index (χ3v) is 2.86. The lowest BCUT2D eigenvalue weighted by atomic mass is 9.93. The Bertz CT molecular complexity index is 134. The molecule has 0 saturated heterocycles. The zero-order valence-electron chi connectivity index (χ0n) is 7.63. The van der Waals surface area contributed by atoms with E-state index in [1.54, 1.807) is 0 Å². The van der Waals surface area contributed by atoms with Crippen LogP contribution in [0.1, 0.15) is 27.2 Å². The molecule has 0 amide bonds. The van der Waals surface area contributed by atoms with Crippen molar-refractivity contribution in [1.82, 2.24) is 0 Å². The predicted octanol–water partition coefficient (Wildman–Crippen LogP) is 1.43. The molecule has 0 bridgehead atoms. The van der Waals surface area contributed by atoms with E-state index in [2.05, 4.69) is 13.8 Å². The third kappa shape index (κ3) is 1.42. The molecule has 11 heavy (non-hydrogen) atoms. The van der Waals surface area contributed by atoms with E-state index >= 15 is 0 Å². The van der Waals surface area contributed by atoms with Crippen molar-refractivity contribution in [3.8, 4) is 0 Å². The molecule has 2 nitrogen and oxygen atoms in total. The molecule has 1 aliphatic rings. The van der Waals surface area contributed by atoms with Crippen LogP contribution >= 0.6 is 0 Å². The minimum atomic E-state index is 0.0933. The maximum absolute atomic E-state index is 9.14. The van der Waals surface area contributed by atoms with Crippen molar-refractivity contribution in [2.45, 2.75) is 33.3 Å². The molecule has 0 aromatic carbocycles. The molecular weight excluding hydrogens is 140 g/mol. The van der Waals surface area contributed by atoms with E-state index in [1.807, 2.05) is 6.92 Å². The van der Waals surface area contributed by atoms with Crippen molar-refractivity contribution in [2.75, 3.05) is 13.2 Å². The molecule has 66 valence electrons. The highest BCUT2D eigenvalue weighted by atomic mass is 16.5. The summed E-state index contributed by atoms with van der Waals surface area (Å²) < 4.78 is 5.46. The highest BCUT2D eigenvalue weighted by Crippen LogP contribution is 2.53. The number of hydrogen-bond acceptors (Lipinski definition) is 2. The van der Waals surface area contributed by atoms with Gasteiger partial charge in [0.2, 0.25) is 0 Å². The van der Waals surface area contributed by atoms with Gasteiger partial charge < -0.3 is 9.84 Å². The fourth-order valence-electron chi connectivity index (χ4n) is 1.67. The van der Waals surface area contributed by atoms with Crippen molar-refractivity contribution in [3.63, 3.8) is 0 Å². The van der Waals surface area contributed by atoms with Crippen LogP contribution in [0.2, 0.25) is 0 Å². The van der Waals surface area contributed by atoms with E-state index in [4.69, 9.17) is 9.84 Å². The Hall–Kier alpha value is -0.0800. The molecule has 0 radical (unpaired) electrons. The van der Waals surface area contributed by atoms with Gasteiger partial charge in [0.15, 0.2) is 0 Å². The van der Waals surface area contributed by atoms with Crippen molar-refractivity contribution >= 4 is 0 Å². The monoisotopic (exact) mass is 158 g/mol. The van der Waals surface area contributed by atoms with Crippen LogP contribution in [0, 0.1) is 11.3 Å². The summed E-state index contributed by atoms with van der Waals surface area (Å²) in [4.78, 5) is 0. The van der Waals surface area contributed by atoms with Gasteiger partial charge in [-0.25, -0.2) is 0 Å². The van der Waals surface area contributed by atoms with E-state index in [9.17, 15) is 0 Å². The summed E-state index contributed by atoms with van der Waals surface area (Å²) in [6, 6.07) is 0. The normalized spacial score (nSPS) is 36.3. The number of aliphatic hydroxyl groups excluding tert-OH is 1. The summed E-state index contributed by atoms with van der Waals surface area (Å²) in [5.74, 6) is 0.532. The lowest BCUT2D eigenvalue weighted by molar-refractivity contribution is 0.0575. The number of ether oxygens (including phenoxy) is 1. The summed E-state index contributed by atoms with van der Waals surface area (Å²) in [6.07, 6.45) is 1.35. The SMILES string of the molecule is CCOC1CC1(CO)C(C)C. The van der Waals surface area contributed by atoms with Crippen LogP contribution in [-0.4, -0.2) is 24.4 Å². The first-order valence-corrected chi connectivity index (χ1v) is 4.40. The largest absolute Gasteiger partial charge is 0.396 e. The molecule has 1 rings (SSSR count). The second kappa shape index (κ2) is 3.11. The van der Waals surface area contributed by atoms with E-state index in [0.29, 0.717) is 12.0 Å². The topological polar surface area (TPSA) is 29.5 Å². The van der Waals surface area contributed by atoms with Gasteiger partial charge in [-0.15, -0.1) is 0 Å². The Morgan fingerprint density at radius 1 is 1.64 bits per heavy atom. The smallest absolute Gasteiger partial charge is 0.0663 e. The molecule has 1 saturated carbocycles. The Morgan fingerprint density at radius 3 is 2.55 bits per heavy atom. The van der Waals surface area contributed by atoms with Gasteiger partial charge in [0.05, 0.1) is 12.7 Å². The molecule has 2 heteroatoms. The van der Waals surface area contributed by atoms with Gasteiger partial charge in [-0.1, -0.05) is 13.8 Å². The quantitative estimate of drug-likeness (QED) is 0.670. The number of hydrogen-bond donors (Lipinski definition) is 1. The van der Waals surface area contributed by atoms with E-state index in [0.717, 1.165) is 13.0 Å². The van der Waals surface area contributed by atoms with Crippen LogP contribution in [0.15, 0.2) is 0 Å². The van der Waals surface area contributed by atoms with Crippen molar-refractivity contribution < 1.29 is 9.84 Å². The zero-order chi connectivity index (χ0) is 8.48. The summed E-state index contributed by atoms with van der Waals surface area (Å²) in [5, 5.41) is 9.14. The van der Waals surface area contributed by atoms with Gasteiger partial charge in [-0.3, -0.25) is 0 Å². The Kier molecular flexibility index (Phi) is 2.55. The van der Waals surface area contributed by atoms with Crippen LogP contribution in [0.25, 0.3) is 0 Å². The van der Waals surface area contributed by atoms with E-state index in [-0.39, 0.29) is 12.0 Å². The van der Waals surface area contributed by atoms with Gasteiger partial charge in [0, 0.05) is 12.0 Å². The predicted molar refractivity (Wildman–Crippen MR) is 44.4 cm³/mol. The molecule has 1 aliphatic carbocycles. The summed E-state index contributed by atoms with van der Waals surface area (Å²) in [6.45, 7) is 7.33. The number of aliphatic hydroxyl groups is 1. The molecule has 1 fully saturated rings. The molecule has 0 spiro atoms. The van der Waals surface area contributed by atoms with E-state index in [1.165, 1.54) is 0 Å². The van der Waals surface area contributed by atoms with Crippen molar-refractivity contribution in [2.24, 2.45) is 11.3 Å². The van der Waals surface area contributed by atoms with Crippen LogP contribution in [0.5, 0.6) is 0 Å².